The molecule has 24 heavy (non-hydrogen) atoms. The van der Waals surface area contributed by atoms with Crippen molar-refractivity contribution >= 4 is 28.9 Å². The highest BCUT2D eigenvalue weighted by molar-refractivity contribution is 7.80. The maximum absolute atomic E-state index is 12.4. The predicted octanol–water partition coefficient (Wildman–Crippen LogP) is 3.45. The lowest BCUT2D eigenvalue weighted by Crippen LogP contribution is -2.34. The minimum absolute atomic E-state index is 0.232. The summed E-state index contributed by atoms with van der Waals surface area (Å²) in [5.74, 6) is 0.680. The van der Waals surface area contributed by atoms with Gasteiger partial charge in [-0.25, -0.2) is 0 Å². The number of benzene rings is 2. The van der Waals surface area contributed by atoms with Crippen molar-refractivity contribution in [2.75, 3.05) is 19.5 Å². The van der Waals surface area contributed by atoms with Crippen LogP contribution in [0.4, 0.5) is 5.69 Å². The van der Waals surface area contributed by atoms with E-state index in [9.17, 15) is 4.79 Å². The van der Waals surface area contributed by atoms with Crippen molar-refractivity contribution in [3.05, 3.63) is 53.1 Å². The SMILES string of the molecule is COc1ccc(C(=O)NC(=S)Nc2c(C)cccc2C)c(OC)c1. The molecule has 126 valence electrons. The number of carbonyl (C=O) groups excluding carboxylic acids is 1. The van der Waals surface area contributed by atoms with Gasteiger partial charge in [-0.2, -0.15) is 0 Å². The molecule has 0 heterocycles. The van der Waals surface area contributed by atoms with Crippen LogP contribution in [0.1, 0.15) is 21.5 Å². The Morgan fingerprint density at radius 1 is 1.04 bits per heavy atom. The molecular weight excluding hydrogens is 324 g/mol. The Morgan fingerprint density at radius 2 is 1.71 bits per heavy atom. The van der Waals surface area contributed by atoms with Crippen LogP contribution in [0.15, 0.2) is 36.4 Å². The minimum atomic E-state index is -0.349. The summed E-state index contributed by atoms with van der Waals surface area (Å²) in [6.07, 6.45) is 0. The quantitative estimate of drug-likeness (QED) is 0.832. The summed E-state index contributed by atoms with van der Waals surface area (Å²) in [7, 11) is 3.05. The van der Waals surface area contributed by atoms with E-state index in [2.05, 4.69) is 10.6 Å². The van der Waals surface area contributed by atoms with Crippen LogP contribution in [-0.2, 0) is 0 Å². The first kappa shape index (κ1) is 17.7. The summed E-state index contributed by atoms with van der Waals surface area (Å²) in [5.41, 5.74) is 3.37. The molecule has 0 radical (unpaired) electrons. The van der Waals surface area contributed by atoms with Crippen LogP contribution in [0.5, 0.6) is 11.5 Å². The second-order valence-corrected chi connectivity index (χ2v) is 5.65. The van der Waals surface area contributed by atoms with Crippen molar-refractivity contribution in [3.63, 3.8) is 0 Å². The van der Waals surface area contributed by atoms with Gasteiger partial charge in [-0.15, -0.1) is 0 Å². The lowest BCUT2D eigenvalue weighted by Gasteiger charge is -2.15. The molecule has 0 fully saturated rings. The average molecular weight is 344 g/mol. The molecular formula is C18H20N2O3S. The van der Waals surface area contributed by atoms with E-state index < -0.39 is 0 Å². The molecule has 0 bridgehead atoms. The number of methoxy groups -OCH3 is 2. The van der Waals surface area contributed by atoms with Crippen LogP contribution in [0.2, 0.25) is 0 Å². The summed E-state index contributed by atoms with van der Waals surface area (Å²) < 4.78 is 10.4. The molecule has 2 aromatic rings. The Morgan fingerprint density at radius 3 is 2.29 bits per heavy atom. The minimum Gasteiger partial charge on any atom is -0.497 e. The maximum Gasteiger partial charge on any atom is 0.261 e. The molecule has 0 aliphatic heterocycles. The van der Waals surface area contributed by atoms with Crippen LogP contribution in [-0.4, -0.2) is 25.2 Å². The van der Waals surface area contributed by atoms with Crippen LogP contribution >= 0.6 is 12.2 Å². The van der Waals surface area contributed by atoms with Gasteiger partial charge in [0.25, 0.3) is 5.91 Å². The van der Waals surface area contributed by atoms with Crippen molar-refractivity contribution in [2.45, 2.75) is 13.8 Å². The van der Waals surface area contributed by atoms with E-state index in [1.165, 1.54) is 7.11 Å². The molecule has 1 amide bonds. The Bertz CT molecular complexity index is 755. The fourth-order valence-electron chi connectivity index (χ4n) is 2.31. The number of carbonyl (C=O) groups is 1. The number of hydrogen-bond acceptors (Lipinski definition) is 4. The number of ether oxygens (including phenoxy) is 2. The normalized spacial score (nSPS) is 10.0. The molecule has 2 N–H and O–H groups in total. The monoisotopic (exact) mass is 344 g/mol. The molecule has 2 rings (SSSR count). The summed E-state index contributed by atoms with van der Waals surface area (Å²) in [6.45, 7) is 3.96. The summed E-state index contributed by atoms with van der Waals surface area (Å²) in [6, 6.07) is 10.9. The van der Waals surface area contributed by atoms with Gasteiger partial charge < -0.3 is 14.8 Å². The topological polar surface area (TPSA) is 59.6 Å². The molecule has 0 saturated carbocycles. The van der Waals surface area contributed by atoms with Crippen LogP contribution in [0.3, 0.4) is 0 Å². The van der Waals surface area contributed by atoms with Crippen LogP contribution in [0, 0.1) is 13.8 Å². The Labute approximate surface area is 147 Å². The fourth-order valence-corrected chi connectivity index (χ4v) is 2.51. The van der Waals surface area contributed by atoms with Gasteiger partial charge in [-0.1, -0.05) is 18.2 Å². The number of hydrogen-bond donors (Lipinski definition) is 2. The Kier molecular flexibility index (Phi) is 5.76. The second kappa shape index (κ2) is 7.79. The van der Waals surface area contributed by atoms with Crippen molar-refractivity contribution in [2.24, 2.45) is 0 Å². The summed E-state index contributed by atoms with van der Waals surface area (Å²) in [5, 5.41) is 5.98. The number of aryl methyl sites for hydroxylation is 2. The second-order valence-electron chi connectivity index (χ2n) is 5.24. The molecule has 6 heteroatoms. The van der Waals surface area contributed by atoms with Gasteiger partial charge in [0.15, 0.2) is 5.11 Å². The molecule has 0 aliphatic rings. The molecule has 0 aromatic heterocycles. The lowest BCUT2D eigenvalue weighted by atomic mass is 10.1. The molecule has 0 unspecified atom stereocenters. The molecule has 2 aromatic carbocycles. The first-order chi connectivity index (χ1) is 11.5. The number of thiocarbonyl (C=S) groups is 1. The van der Waals surface area contributed by atoms with E-state index in [4.69, 9.17) is 21.7 Å². The average Bonchev–Trinajstić information content (AvgIpc) is 2.57. The van der Waals surface area contributed by atoms with Crippen LogP contribution < -0.4 is 20.1 Å². The van der Waals surface area contributed by atoms with E-state index in [1.54, 1.807) is 25.3 Å². The molecule has 0 aliphatic carbocycles. The van der Waals surface area contributed by atoms with Gasteiger partial charge in [-0.05, 0) is 49.3 Å². The van der Waals surface area contributed by atoms with Crippen molar-refractivity contribution in [1.82, 2.24) is 5.32 Å². The highest BCUT2D eigenvalue weighted by Crippen LogP contribution is 2.24. The van der Waals surface area contributed by atoms with Gasteiger partial charge >= 0.3 is 0 Å². The zero-order chi connectivity index (χ0) is 17.7. The van der Waals surface area contributed by atoms with Crippen molar-refractivity contribution < 1.29 is 14.3 Å². The van der Waals surface area contributed by atoms with E-state index in [-0.39, 0.29) is 11.0 Å². The number of para-hydroxylation sites is 1. The van der Waals surface area contributed by atoms with Gasteiger partial charge in [-0.3, -0.25) is 10.1 Å². The molecule has 0 atom stereocenters. The van der Waals surface area contributed by atoms with E-state index in [0.29, 0.717) is 17.1 Å². The van der Waals surface area contributed by atoms with Gasteiger partial charge in [0, 0.05) is 11.8 Å². The van der Waals surface area contributed by atoms with Crippen molar-refractivity contribution in [3.8, 4) is 11.5 Å². The number of anilines is 1. The third-order valence-electron chi connectivity index (χ3n) is 3.60. The third kappa shape index (κ3) is 4.02. The Balaban J connectivity index is 2.13. The predicted molar refractivity (Wildman–Crippen MR) is 99.1 cm³/mol. The molecule has 0 spiro atoms. The standard InChI is InChI=1S/C18H20N2O3S/c1-11-6-5-7-12(2)16(11)19-18(24)20-17(21)14-9-8-13(22-3)10-15(14)23-4/h5-10H,1-4H3,(H2,19,20,21,24). The van der Waals surface area contributed by atoms with E-state index in [1.807, 2.05) is 32.0 Å². The fraction of sp³-hybridized carbons (Fsp3) is 0.222. The maximum atomic E-state index is 12.4. The van der Waals surface area contributed by atoms with E-state index >= 15 is 0 Å². The van der Waals surface area contributed by atoms with E-state index in [0.717, 1.165) is 16.8 Å². The van der Waals surface area contributed by atoms with Gasteiger partial charge in [0.05, 0.1) is 19.8 Å². The molecule has 5 nitrogen and oxygen atoms in total. The highest BCUT2D eigenvalue weighted by atomic mass is 32.1. The first-order valence-corrected chi connectivity index (χ1v) is 7.77. The van der Waals surface area contributed by atoms with Crippen LogP contribution in [0.25, 0.3) is 0 Å². The number of rotatable bonds is 4. The number of amides is 1. The zero-order valence-corrected chi connectivity index (χ0v) is 14.9. The van der Waals surface area contributed by atoms with Gasteiger partial charge in [0.2, 0.25) is 0 Å². The zero-order valence-electron chi connectivity index (χ0n) is 14.1. The van der Waals surface area contributed by atoms with Crippen molar-refractivity contribution in [1.29, 1.82) is 0 Å². The van der Waals surface area contributed by atoms with Gasteiger partial charge in [0.1, 0.15) is 11.5 Å². The first-order valence-electron chi connectivity index (χ1n) is 7.37. The summed E-state index contributed by atoms with van der Waals surface area (Å²) >= 11 is 5.25. The number of nitrogens with one attached hydrogen (secondary N) is 2. The third-order valence-corrected chi connectivity index (χ3v) is 3.80. The lowest BCUT2D eigenvalue weighted by molar-refractivity contribution is 0.0974. The Hall–Kier alpha value is -2.60. The highest BCUT2D eigenvalue weighted by Gasteiger charge is 2.15. The molecule has 0 saturated heterocycles. The summed E-state index contributed by atoms with van der Waals surface area (Å²) in [4.78, 5) is 12.4. The smallest absolute Gasteiger partial charge is 0.261 e. The largest absolute Gasteiger partial charge is 0.497 e.